The van der Waals surface area contributed by atoms with Crippen LogP contribution in [0.15, 0.2) is 48.5 Å². The number of carbonyl (C=O) groups is 2. The molecule has 1 N–H and O–H groups in total. The van der Waals surface area contributed by atoms with E-state index in [0.717, 1.165) is 12.7 Å². The lowest BCUT2D eigenvalue weighted by atomic mass is 10.1. The Hall–Kier alpha value is -3.14. The van der Waals surface area contributed by atoms with E-state index in [1.165, 1.54) is 28.4 Å². The van der Waals surface area contributed by atoms with E-state index >= 15 is 0 Å². The zero-order chi connectivity index (χ0) is 26.0. The third kappa shape index (κ3) is 8.24. The van der Waals surface area contributed by atoms with E-state index < -0.39 is 21.9 Å². The van der Waals surface area contributed by atoms with E-state index in [9.17, 15) is 22.4 Å². The van der Waals surface area contributed by atoms with Crippen LogP contribution in [0.1, 0.15) is 38.7 Å². The second-order valence-electron chi connectivity index (χ2n) is 8.23. The van der Waals surface area contributed by atoms with Crippen molar-refractivity contribution in [1.29, 1.82) is 0 Å². The summed E-state index contributed by atoms with van der Waals surface area (Å²) >= 11 is 0. The van der Waals surface area contributed by atoms with Crippen LogP contribution in [0.4, 0.5) is 10.1 Å². The van der Waals surface area contributed by atoms with Crippen LogP contribution < -0.4 is 14.4 Å². The number of rotatable bonds is 13. The fourth-order valence-electron chi connectivity index (χ4n) is 3.58. The Bertz CT molecular complexity index is 1090. The Morgan fingerprint density at radius 2 is 1.77 bits per heavy atom. The molecule has 1 atom stereocenters. The van der Waals surface area contributed by atoms with Crippen LogP contribution in [0.5, 0.6) is 5.75 Å². The average Bonchev–Trinajstić information content (AvgIpc) is 2.83. The highest BCUT2D eigenvalue weighted by Gasteiger charge is 2.27. The van der Waals surface area contributed by atoms with Crippen LogP contribution >= 0.6 is 0 Å². The molecule has 0 spiro atoms. The molecule has 2 amide bonds. The number of para-hydroxylation sites is 2. The number of nitrogens with zero attached hydrogens (tertiary/aromatic N) is 2. The van der Waals surface area contributed by atoms with E-state index in [2.05, 4.69) is 5.32 Å². The van der Waals surface area contributed by atoms with E-state index in [4.69, 9.17) is 4.74 Å². The molecule has 192 valence electrons. The van der Waals surface area contributed by atoms with Crippen LogP contribution in [-0.4, -0.2) is 57.6 Å². The van der Waals surface area contributed by atoms with Crippen molar-refractivity contribution in [3.63, 3.8) is 0 Å². The number of anilines is 1. The maximum Gasteiger partial charge on any atom is 0.242 e. The minimum atomic E-state index is -3.63. The number of methoxy groups -OCH3 is 1. The van der Waals surface area contributed by atoms with Gasteiger partial charge in [-0.1, -0.05) is 31.2 Å². The third-order valence-electron chi connectivity index (χ3n) is 5.49. The predicted octanol–water partition coefficient (Wildman–Crippen LogP) is 3.32. The maximum absolute atomic E-state index is 13.3. The van der Waals surface area contributed by atoms with Gasteiger partial charge in [-0.15, -0.1) is 0 Å². The van der Waals surface area contributed by atoms with Crippen molar-refractivity contribution in [2.24, 2.45) is 0 Å². The standard InChI is InChI=1S/C25H34FN3O5S/c1-5-16-27-25(31)19(2)28(18-20-12-14-21(26)15-13-20)24(30)11-8-17-29(35(4,32)33)22-9-6-7-10-23(22)34-3/h6-7,9-10,12-15,19H,5,8,11,16-18H2,1-4H3,(H,27,31)/t19-/m0/s1. The topological polar surface area (TPSA) is 96.0 Å². The number of benzene rings is 2. The fourth-order valence-corrected chi connectivity index (χ4v) is 4.55. The van der Waals surface area contributed by atoms with E-state index in [1.54, 1.807) is 43.3 Å². The van der Waals surface area contributed by atoms with Gasteiger partial charge in [0.05, 0.1) is 19.1 Å². The lowest BCUT2D eigenvalue weighted by Gasteiger charge is -2.29. The fraction of sp³-hybridized carbons (Fsp3) is 0.440. The maximum atomic E-state index is 13.3. The number of nitrogens with one attached hydrogen (secondary N) is 1. The molecule has 10 heteroatoms. The monoisotopic (exact) mass is 507 g/mol. The molecule has 0 saturated carbocycles. The SMILES string of the molecule is CCCNC(=O)[C@H](C)N(Cc1ccc(F)cc1)C(=O)CCCN(c1ccccc1OC)S(C)(=O)=O. The number of sulfonamides is 1. The molecule has 2 aromatic rings. The van der Waals surface area contributed by atoms with Crippen molar-refractivity contribution >= 4 is 27.5 Å². The van der Waals surface area contributed by atoms with Gasteiger partial charge in [0, 0.05) is 26.1 Å². The van der Waals surface area contributed by atoms with E-state index in [-0.39, 0.29) is 37.7 Å². The third-order valence-corrected chi connectivity index (χ3v) is 6.67. The summed E-state index contributed by atoms with van der Waals surface area (Å²) in [4.78, 5) is 27.2. The molecule has 0 fully saturated rings. The molecule has 0 heterocycles. The van der Waals surface area contributed by atoms with Gasteiger partial charge in [-0.3, -0.25) is 13.9 Å². The molecular weight excluding hydrogens is 473 g/mol. The van der Waals surface area contributed by atoms with Gasteiger partial charge in [-0.25, -0.2) is 12.8 Å². The molecule has 0 radical (unpaired) electrons. The molecule has 2 rings (SSSR count). The molecular formula is C25H34FN3O5S. The molecule has 2 aromatic carbocycles. The van der Waals surface area contributed by atoms with Crippen molar-refractivity contribution in [3.8, 4) is 5.75 Å². The Kier molecular flexibility index (Phi) is 10.5. The largest absolute Gasteiger partial charge is 0.495 e. The zero-order valence-corrected chi connectivity index (χ0v) is 21.5. The molecule has 0 saturated heterocycles. The molecule has 8 nitrogen and oxygen atoms in total. The van der Waals surface area contributed by atoms with Crippen LogP contribution in [-0.2, 0) is 26.2 Å². The van der Waals surface area contributed by atoms with Gasteiger partial charge in [0.2, 0.25) is 21.8 Å². The number of amides is 2. The van der Waals surface area contributed by atoms with Crippen molar-refractivity contribution in [1.82, 2.24) is 10.2 Å². The van der Waals surface area contributed by atoms with Gasteiger partial charge >= 0.3 is 0 Å². The summed E-state index contributed by atoms with van der Waals surface area (Å²) < 4.78 is 44.8. The van der Waals surface area contributed by atoms with Gasteiger partial charge < -0.3 is 15.0 Å². The number of carbonyl (C=O) groups excluding carboxylic acids is 2. The first-order valence-corrected chi connectivity index (χ1v) is 13.4. The zero-order valence-electron chi connectivity index (χ0n) is 20.7. The first-order valence-electron chi connectivity index (χ1n) is 11.5. The van der Waals surface area contributed by atoms with Crippen LogP contribution in [0.2, 0.25) is 0 Å². The first kappa shape index (κ1) is 28.1. The molecule has 0 aromatic heterocycles. The number of halogens is 1. The smallest absolute Gasteiger partial charge is 0.242 e. The van der Waals surface area contributed by atoms with Gasteiger partial charge in [0.1, 0.15) is 17.6 Å². The van der Waals surface area contributed by atoms with Crippen LogP contribution in [0.3, 0.4) is 0 Å². The highest BCUT2D eigenvalue weighted by molar-refractivity contribution is 7.92. The highest BCUT2D eigenvalue weighted by atomic mass is 32.2. The van der Waals surface area contributed by atoms with Gasteiger partial charge in [0.15, 0.2) is 0 Å². The summed E-state index contributed by atoms with van der Waals surface area (Å²) in [6.07, 6.45) is 2.11. The molecule has 0 unspecified atom stereocenters. The van der Waals surface area contributed by atoms with Gasteiger partial charge in [-0.2, -0.15) is 0 Å². The minimum absolute atomic E-state index is 0.0216. The minimum Gasteiger partial charge on any atom is -0.495 e. The molecule has 35 heavy (non-hydrogen) atoms. The summed E-state index contributed by atoms with van der Waals surface area (Å²) in [7, 11) is -2.17. The second-order valence-corrected chi connectivity index (χ2v) is 10.1. The molecule has 0 bridgehead atoms. The number of hydrogen-bond donors (Lipinski definition) is 1. The summed E-state index contributed by atoms with van der Waals surface area (Å²) in [5.74, 6) is -0.572. The predicted molar refractivity (Wildman–Crippen MR) is 134 cm³/mol. The Morgan fingerprint density at radius 3 is 2.37 bits per heavy atom. The van der Waals surface area contributed by atoms with E-state index in [0.29, 0.717) is 23.5 Å². The Balaban J connectivity index is 2.17. The Labute approximate surface area is 207 Å². The normalized spacial score (nSPS) is 12.0. The number of ether oxygens (including phenoxy) is 1. The Morgan fingerprint density at radius 1 is 1.11 bits per heavy atom. The molecule has 0 aliphatic heterocycles. The van der Waals surface area contributed by atoms with Crippen molar-refractivity contribution in [2.75, 3.05) is 30.8 Å². The molecule has 0 aliphatic rings. The molecule has 0 aliphatic carbocycles. The quantitative estimate of drug-likeness (QED) is 0.449. The van der Waals surface area contributed by atoms with Crippen molar-refractivity contribution in [3.05, 3.63) is 59.9 Å². The summed E-state index contributed by atoms with van der Waals surface area (Å²) in [6.45, 7) is 4.25. The summed E-state index contributed by atoms with van der Waals surface area (Å²) in [5.41, 5.74) is 1.07. The van der Waals surface area contributed by atoms with Crippen LogP contribution in [0, 0.1) is 5.82 Å². The van der Waals surface area contributed by atoms with Gasteiger partial charge in [-0.05, 0) is 49.6 Å². The van der Waals surface area contributed by atoms with Crippen molar-refractivity contribution < 1.29 is 27.1 Å². The van der Waals surface area contributed by atoms with Gasteiger partial charge in [0.25, 0.3) is 0 Å². The van der Waals surface area contributed by atoms with Crippen LogP contribution in [0.25, 0.3) is 0 Å². The summed E-state index contributed by atoms with van der Waals surface area (Å²) in [6, 6.07) is 11.8. The lowest BCUT2D eigenvalue weighted by molar-refractivity contribution is -0.140. The highest BCUT2D eigenvalue weighted by Crippen LogP contribution is 2.29. The van der Waals surface area contributed by atoms with E-state index in [1.807, 2.05) is 6.92 Å². The average molecular weight is 508 g/mol. The number of hydrogen-bond acceptors (Lipinski definition) is 5. The first-order chi connectivity index (χ1) is 16.6. The summed E-state index contributed by atoms with van der Waals surface area (Å²) in [5, 5.41) is 2.80. The lowest BCUT2D eigenvalue weighted by Crippen LogP contribution is -2.47. The second kappa shape index (κ2) is 13.1. The van der Waals surface area contributed by atoms with Crippen molar-refractivity contribution in [2.45, 2.75) is 45.7 Å².